The summed E-state index contributed by atoms with van der Waals surface area (Å²) in [6, 6.07) is 0. The lowest BCUT2D eigenvalue weighted by Crippen LogP contribution is -2.19. The minimum atomic E-state index is -0.547. The molecule has 0 radical (unpaired) electrons. The van der Waals surface area contributed by atoms with Gasteiger partial charge in [-0.1, -0.05) is 18.3 Å². The molecule has 1 aromatic rings. The van der Waals surface area contributed by atoms with Gasteiger partial charge in [0.15, 0.2) is 0 Å². The summed E-state index contributed by atoms with van der Waals surface area (Å²) in [6.45, 7) is 3.82. The van der Waals surface area contributed by atoms with Crippen molar-refractivity contribution in [3.05, 3.63) is 10.6 Å². The van der Waals surface area contributed by atoms with Crippen molar-refractivity contribution in [3.8, 4) is 0 Å². The van der Waals surface area contributed by atoms with Crippen LogP contribution in [0.25, 0.3) is 0 Å². The van der Waals surface area contributed by atoms with Crippen LogP contribution in [-0.4, -0.2) is 20.7 Å². The maximum absolute atomic E-state index is 11.0. The molecule has 0 unspecified atom stereocenters. The number of rotatable bonds is 2. The monoisotopic (exact) mass is 187 g/mol. The highest BCUT2D eigenvalue weighted by atomic mass is 32.1. The Balaban J connectivity index is 2.99. The Kier molecular flexibility index (Phi) is 2.72. The Morgan fingerprint density at radius 2 is 2.33 bits per heavy atom. The summed E-state index contributed by atoms with van der Waals surface area (Å²) in [6.07, 6.45) is 0. The number of nitrogens with one attached hydrogen (secondary N) is 1. The van der Waals surface area contributed by atoms with Crippen LogP contribution >= 0.6 is 11.5 Å². The molecule has 0 aromatic carbocycles. The first kappa shape index (κ1) is 9.08. The van der Waals surface area contributed by atoms with Gasteiger partial charge in [-0.3, -0.25) is 10.0 Å². The first-order chi connectivity index (χ1) is 5.66. The molecule has 0 fully saturated rings. The van der Waals surface area contributed by atoms with Gasteiger partial charge in [-0.15, -0.1) is 5.10 Å². The van der Waals surface area contributed by atoms with Crippen LogP contribution in [0.15, 0.2) is 0 Å². The van der Waals surface area contributed by atoms with E-state index < -0.39 is 5.91 Å². The van der Waals surface area contributed by atoms with Crippen molar-refractivity contribution in [2.24, 2.45) is 0 Å². The highest BCUT2D eigenvalue weighted by Gasteiger charge is 2.17. The molecule has 6 heteroatoms. The van der Waals surface area contributed by atoms with Crippen molar-refractivity contribution in [2.45, 2.75) is 19.8 Å². The summed E-state index contributed by atoms with van der Waals surface area (Å²) < 4.78 is 3.63. The van der Waals surface area contributed by atoms with E-state index >= 15 is 0 Å². The molecule has 0 aliphatic carbocycles. The number of carbonyl (C=O) groups is 1. The van der Waals surface area contributed by atoms with Crippen LogP contribution in [0.2, 0.25) is 0 Å². The van der Waals surface area contributed by atoms with Crippen LogP contribution < -0.4 is 5.48 Å². The van der Waals surface area contributed by atoms with E-state index in [2.05, 4.69) is 9.59 Å². The minimum Gasteiger partial charge on any atom is -0.288 e. The van der Waals surface area contributed by atoms with Crippen LogP contribution in [0.1, 0.15) is 35.1 Å². The summed E-state index contributed by atoms with van der Waals surface area (Å²) in [5, 5.41) is 12.1. The molecule has 0 spiro atoms. The molecule has 0 atom stereocenters. The van der Waals surface area contributed by atoms with Gasteiger partial charge in [0.1, 0.15) is 4.88 Å². The van der Waals surface area contributed by atoms with Gasteiger partial charge in [0.2, 0.25) is 0 Å². The average molecular weight is 187 g/mol. The predicted octanol–water partition coefficient (Wildman–Crippen LogP) is 0.780. The van der Waals surface area contributed by atoms with Crippen molar-refractivity contribution >= 4 is 17.4 Å². The minimum absolute atomic E-state index is 0.135. The van der Waals surface area contributed by atoms with Crippen molar-refractivity contribution in [1.82, 2.24) is 15.1 Å². The Labute approximate surface area is 73.5 Å². The van der Waals surface area contributed by atoms with E-state index in [0.29, 0.717) is 10.6 Å². The van der Waals surface area contributed by atoms with Gasteiger partial charge in [-0.2, -0.15) is 0 Å². The maximum atomic E-state index is 11.0. The van der Waals surface area contributed by atoms with E-state index in [1.54, 1.807) is 5.48 Å². The highest BCUT2D eigenvalue weighted by Crippen LogP contribution is 2.18. The SMILES string of the molecule is CC(C)c1nnsc1C(=O)NO. The Hall–Kier alpha value is -1.01. The van der Waals surface area contributed by atoms with Gasteiger partial charge in [0, 0.05) is 0 Å². The number of hydrogen-bond acceptors (Lipinski definition) is 5. The van der Waals surface area contributed by atoms with Gasteiger partial charge < -0.3 is 0 Å². The average Bonchev–Trinajstić information content (AvgIpc) is 2.50. The maximum Gasteiger partial charge on any atom is 0.288 e. The second kappa shape index (κ2) is 3.59. The molecule has 0 aliphatic heterocycles. The standard InChI is InChI=1S/C6H9N3O2S/c1-3(2)4-5(6(10)8-11)12-9-7-4/h3,11H,1-2H3,(H,8,10). The molecule has 0 bridgehead atoms. The zero-order valence-corrected chi connectivity index (χ0v) is 7.55. The number of hydrogen-bond donors (Lipinski definition) is 2. The van der Waals surface area contributed by atoms with Gasteiger partial charge in [-0.05, 0) is 17.5 Å². The number of carbonyl (C=O) groups excluding carboxylic acids is 1. The molecule has 66 valence electrons. The number of aromatic nitrogens is 2. The number of amides is 1. The quantitative estimate of drug-likeness (QED) is 0.530. The van der Waals surface area contributed by atoms with E-state index in [0.717, 1.165) is 11.5 Å². The number of nitrogens with zero attached hydrogens (tertiary/aromatic N) is 2. The Morgan fingerprint density at radius 1 is 1.67 bits per heavy atom. The highest BCUT2D eigenvalue weighted by molar-refractivity contribution is 7.08. The Morgan fingerprint density at radius 3 is 2.83 bits per heavy atom. The summed E-state index contributed by atoms with van der Waals surface area (Å²) >= 11 is 0.977. The van der Waals surface area contributed by atoms with Crippen LogP contribution in [0.4, 0.5) is 0 Å². The normalized spacial score (nSPS) is 10.3. The molecule has 1 amide bonds. The fourth-order valence-corrected chi connectivity index (χ4v) is 1.49. The van der Waals surface area contributed by atoms with Gasteiger partial charge >= 0.3 is 0 Å². The first-order valence-electron chi connectivity index (χ1n) is 3.43. The first-order valence-corrected chi connectivity index (χ1v) is 4.20. The molecule has 12 heavy (non-hydrogen) atoms. The third kappa shape index (κ3) is 1.59. The molecule has 5 nitrogen and oxygen atoms in total. The van der Waals surface area contributed by atoms with Crippen molar-refractivity contribution < 1.29 is 10.0 Å². The topological polar surface area (TPSA) is 75.1 Å². The fourth-order valence-electron chi connectivity index (χ4n) is 0.784. The van der Waals surface area contributed by atoms with Gasteiger partial charge in [0.25, 0.3) is 5.91 Å². The lowest BCUT2D eigenvalue weighted by molar-refractivity contribution is 0.0709. The largest absolute Gasteiger partial charge is 0.288 e. The van der Waals surface area contributed by atoms with E-state index in [4.69, 9.17) is 5.21 Å². The van der Waals surface area contributed by atoms with Gasteiger partial charge in [0.05, 0.1) is 5.69 Å². The molecular formula is C6H9N3O2S. The zero-order chi connectivity index (χ0) is 9.14. The van der Waals surface area contributed by atoms with E-state index in [1.165, 1.54) is 0 Å². The molecule has 1 heterocycles. The molecule has 0 aliphatic rings. The lowest BCUT2D eigenvalue weighted by atomic mass is 10.1. The Bertz CT molecular complexity index is 284. The van der Waals surface area contributed by atoms with Crippen molar-refractivity contribution in [1.29, 1.82) is 0 Å². The van der Waals surface area contributed by atoms with Crippen LogP contribution in [0.3, 0.4) is 0 Å². The molecule has 0 saturated carbocycles. The summed E-state index contributed by atoms with van der Waals surface area (Å²) in [5.41, 5.74) is 2.17. The van der Waals surface area contributed by atoms with E-state index in [9.17, 15) is 4.79 Å². The predicted molar refractivity (Wildman–Crippen MR) is 43.3 cm³/mol. The fraction of sp³-hybridized carbons (Fsp3) is 0.500. The second-order valence-electron chi connectivity index (χ2n) is 2.58. The number of hydroxylamine groups is 1. The van der Waals surface area contributed by atoms with Gasteiger partial charge in [-0.25, -0.2) is 5.48 Å². The van der Waals surface area contributed by atoms with Crippen molar-refractivity contribution in [3.63, 3.8) is 0 Å². The molecular weight excluding hydrogens is 178 g/mol. The third-order valence-electron chi connectivity index (χ3n) is 1.37. The summed E-state index contributed by atoms with van der Waals surface area (Å²) in [4.78, 5) is 11.3. The molecule has 2 N–H and O–H groups in total. The molecule has 1 rings (SSSR count). The van der Waals surface area contributed by atoms with Crippen LogP contribution in [-0.2, 0) is 0 Å². The summed E-state index contributed by atoms with van der Waals surface area (Å²) in [7, 11) is 0. The zero-order valence-electron chi connectivity index (χ0n) is 6.74. The van der Waals surface area contributed by atoms with E-state index in [-0.39, 0.29) is 5.92 Å². The van der Waals surface area contributed by atoms with Crippen LogP contribution in [0.5, 0.6) is 0 Å². The smallest absolute Gasteiger partial charge is 0.288 e. The molecule has 1 aromatic heterocycles. The van der Waals surface area contributed by atoms with Crippen LogP contribution in [0, 0.1) is 0 Å². The van der Waals surface area contributed by atoms with E-state index in [1.807, 2.05) is 13.8 Å². The summed E-state index contributed by atoms with van der Waals surface area (Å²) in [5.74, 6) is -0.412. The molecule has 0 saturated heterocycles. The van der Waals surface area contributed by atoms with Crippen molar-refractivity contribution in [2.75, 3.05) is 0 Å². The third-order valence-corrected chi connectivity index (χ3v) is 2.11. The lowest BCUT2D eigenvalue weighted by Gasteiger charge is -2.00. The second-order valence-corrected chi connectivity index (χ2v) is 3.34.